The molecule has 0 aromatic rings. The van der Waals surface area contributed by atoms with Crippen molar-refractivity contribution in [2.45, 2.75) is 67.2 Å². The van der Waals surface area contributed by atoms with Crippen molar-refractivity contribution in [1.29, 1.82) is 0 Å². The van der Waals surface area contributed by atoms with Crippen LogP contribution in [0.2, 0.25) is 0 Å². The van der Waals surface area contributed by atoms with E-state index in [1.807, 2.05) is 26.8 Å². The molecule has 0 unspecified atom stereocenters. The standard InChI is InChI=1S/C5H8.C5H10.2C4H8/c1-2-4-5-3-1;1-4-5(2)3;1-4(2)3;1-3-4-2/h1-2H,3-5H2;4H,1-3H3;1H2,2-3H3;3H,1,4H2,2H3. The molecule has 1 aliphatic carbocycles. The van der Waals surface area contributed by atoms with E-state index >= 15 is 0 Å². The molecule has 1 rings (SSSR count). The van der Waals surface area contributed by atoms with Crippen LogP contribution in [0, 0.1) is 0 Å². The minimum absolute atomic E-state index is 1.08. The molecule has 0 saturated heterocycles. The number of hydrogen-bond donors (Lipinski definition) is 0. The van der Waals surface area contributed by atoms with Crippen LogP contribution in [-0.2, 0) is 0 Å². The second-order valence-corrected chi connectivity index (χ2v) is 4.67. The van der Waals surface area contributed by atoms with E-state index in [9.17, 15) is 0 Å². The summed E-state index contributed by atoms with van der Waals surface area (Å²) in [6.45, 7) is 19.2. The van der Waals surface area contributed by atoms with Crippen LogP contribution >= 0.6 is 0 Å². The van der Waals surface area contributed by atoms with Gasteiger partial charge in [-0.1, -0.05) is 42.4 Å². The minimum Gasteiger partial charge on any atom is -0.103 e. The Kier molecular flexibility index (Phi) is 26.2. The first-order valence-corrected chi connectivity index (χ1v) is 6.89. The molecule has 0 N–H and O–H groups in total. The van der Waals surface area contributed by atoms with Crippen LogP contribution in [-0.4, -0.2) is 0 Å². The summed E-state index contributed by atoms with van der Waals surface area (Å²) in [6.07, 6.45) is 13.5. The van der Waals surface area contributed by atoms with Crippen LogP contribution < -0.4 is 0 Å². The molecule has 0 aromatic carbocycles. The van der Waals surface area contributed by atoms with Crippen LogP contribution in [0.1, 0.15) is 67.2 Å². The van der Waals surface area contributed by atoms with Gasteiger partial charge in [0.2, 0.25) is 0 Å². The third-order valence-corrected chi connectivity index (χ3v) is 1.77. The van der Waals surface area contributed by atoms with E-state index in [2.05, 4.69) is 52.2 Å². The first-order chi connectivity index (χ1) is 8.42. The molecule has 0 nitrogen and oxygen atoms in total. The smallest absolute Gasteiger partial charge is 0.0348 e. The van der Waals surface area contributed by atoms with Gasteiger partial charge in [-0.15, -0.1) is 13.2 Å². The van der Waals surface area contributed by atoms with E-state index in [0.717, 1.165) is 6.42 Å². The Hall–Kier alpha value is -1.04. The molecule has 0 bridgehead atoms. The Labute approximate surface area is 116 Å². The van der Waals surface area contributed by atoms with E-state index < -0.39 is 0 Å². The van der Waals surface area contributed by atoms with Crippen molar-refractivity contribution in [3.05, 3.63) is 48.6 Å². The maximum atomic E-state index is 3.56. The molecule has 0 amide bonds. The Bertz CT molecular complexity index is 214. The molecule has 0 spiro atoms. The van der Waals surface area contributed by atoms with E-state index in [0.29, 0.717) is 0 Å². The van der Waals surface area contributed by atoms with Crippen molar-refractivity contribution in [2.24, 2.45) is 0 Å². The Balaban J connectivity index is -0.000000168. The first-order valence-electron chi connectivity index (χ1n) is 6.89. The molecule has 0 heterocycles. The monoisotopic (exact) mass is 250 g/mol. The van der Waals surface area contributed by atoms with Crippen molar-refractivity contribution in [3.63, 3.8) is 0 Å². The second-order valence-electron chi connectivity index (χ2n) is 4.67. The van der Waals surface area contributed by atoms with Crippen LogP contribution in [0.25, 0.3) is 0 Å². The lowest BCUT2D eigenvalue weighted by Crippen LogP contribution is -1.52. The lowest BCUT2D eigenvalue weighted by Gasteiger charge is -1.74. The topological polar surface area (TPSA) is 0 Å². The zero-order valence-electron chi connectivity index (χ0n) is 13.6. The number of allylic oxidation sites excluding steroid dienone is 6. The number of rotatable bonds is 1. The summed E-state index contributed by atoms with van der Waals surface area (Å²) in [6, 6.07) is 0. The highest BCUT2D eigenvalue weighted by molar-refractivity contribution is 4.89. The molecule has 0 heteroatoms. The summed E-state index contributed by atoms with van der Waals surface area (Å²) in [5.41, 5.74) is 2.55. The molecule has 18 heavy (non-hydrogen) atoms. The molecular formula is C18H34. The maximum absolute atomic E-state index is 3.56. The maximum Gasteiger partial charge on any atom is -0.0348 e. The summed E-state index contributed by atoms with van der Waals surface area (Å²) in [5, 5.41) is 0. The normalized spacial score (nSPS) is 10.6. The van der Waals surface area contributed by atoms with Gasteiger partial charge in [-0.2, -0.15) is 0 Å². The van der Waals surface area contributed by atoms with Crippen LogP contribution in [0.4, 0.5) is 0 Å². The van der Waals surface area contributed by atoms with Crippen LogP contribution in [0.3, 0.4) is 0 Å². The lowest BCUT2D eigenvalue weighted by molar-refractivity contribution is 0.929. The average Bonchev–Trinajstić information content (AvgIpc) is 2.87. The van der Waals surface area contributed by atoms with Gasteiger partial charge in [0.05, 0.1) is 0 Å². The SMILES string of the molecule is C1=CCCC1.C=C(C)C.C=CCC.CC=C(C)C. The summed E-state index contributed by atoms with van der Waals surface area (Å²) < 4.78 is 0. The van der Waals surface area contributed by atoms with Crippen molar-refractivity contribution in [2.75, 3.05) is 0 Å². The van der Waals surface area contributed by atoms with Gasteiger partial charge in [0.1, 0.15) is 0 Å². The second kappa shape index (κ2) is 21.3. The quantitative estimate of drug-likeness (QED) is 0.446. The van der Waals surface area contributed by atoms with Gasteiger partial charge < -0.3 is 0 Å². The van der Waals surface area contributed by atoms with Crippen LogP contribution in [0.15, 0.2) is 48.6 Å². The molecule has 0 radical (unpaired) electrons. The first kappa shape index (κ1) is 22.2. The van der Waals surface area contributed by atoms with Crippen molar-refractivity contribution >= 4 is 0 Å². The Morgan fingerprint density at radius 2 is 1.39 bits per heavy atom. The van der Waals surface area contributed by atoms with Crippen molar-refractivity contribution in [1.82, 2.24) is 0 Å². The molecular weight excluding hydrogens is 216 g/mol. The van der Waals surface area contributed by atoms with Crippen molar-refractivity contribution < 1.29 is 0 Å². The van der Waals surface area contributed by atoms with Gasteiger partial charge in [-0.05, 0) is 60.3 Å². The fourth-order valence-corrected chi connectivity index (χ4v) is 0.589. The van der Waals surface area contributed by atoms with Gasteiger partial charge in [-0.3, -0.25) is 0 Å². The molecule has 1 aliphatic rings. The summed E-state index contributed by atoms with van der Waals surface area (Å²) in [5.74, 6) is 0. The van der Waals surface area contributed by atoms with E-state index in [1.165, 1.54) is 30.4 Å². The molecule has 0 saturated carbocycles. The molecule has 0 aliphatic heterocycles. The van der Waals surface area contributed by atoms with Crippen LogP contribution in [0.5, 0.6) is 0 Å². The summed E-state index contributed by atoms with van der Waals surface area (Å²) in [7, 11) is 0. The molecule has 0 aromatic heterocycles. The Morgan fingerprint density at radius 1 is 1.11 bits per heavy atom. The largest absolute Gasteiger partial charge is 0.103 e. The van der Waals surface area contributed by atoms with E-state index in [-0.39, 0.29) is 0 Å². The van der Waals surface area contributed by atoms with Gasteiger partial charge in [0.15, 0.2) is 0 Å². The molecule has 106 valence electrons. The van der Waals surface area contributed by atoms with Gasteiger partial charge in [0.25, 0.3) is 0 Å². The van der Waals surface area contributed by atoms with Gasteiger partial charge in [0, 0.05) is 0 Å². The Morgan fingerprint density at radius 3 is 1.44 bits per heavy atom. The van der Waals surface area contributed by atoms with Gasteiger partial charge >= 0.3 is 0 Å². The fourth-order valence-electron chi connectivity index (χ4n) is 0.589. The minimum atomic E-state index is 1.08. The predicted octanol–water partition coefficient (Wildman–Crippen LogP) is 6.86. The highest BCUT2D eigenvalue weighted by atomic mass is 13.9. The predicted molar refractivity (Wildman–Crippen MR) is 89.1 cm³/mol. The zero-order valence-corrected chi connectivity index (χ0v) is 13.6. The van der Waals surface area contributed by atoms with Gasteiger partial charge in [-0.25, -0.2) is 0 Å². The molecule has 0 fully saturated rings. The third kappa shape index (κ3) is 60.2. The number of hydrogen-bond acceptors (Lipinski definition) is 0. The lowest BCUT2D eigenvalue weighted by atomic mass is 10.3. The average molecular weight is 250 g/mol. The van der Waals surface area contributed by atoms with Crippen molar-refractivity contribution in [3.8, 4) is 0 Å². The highest BCUT2D eigenvalue weighted by Gasteiger charge is 1.84. The highest BCUT2D eigenvalue weighted by Crippen LogP contribution is 2.05. The summed E-state index contributed by atoms with van der Waals surface area (Å²) >= 11 is 0. The zero-order chi connectivity index (χ0) is 14.8. The van der Waals surface area contributed by atoms with E-state index in [4.69, 9.17) is 0 Å². The van der Waals surface area contributed by atoms with E-state index in [1.54, 1.807) is 0 Å². The summed E-state index contributed by atoms with van der Waals surface area (Å²) in [4.78, 5) is 0. The third-order valence-electron chi connectivity index (χ3n) is 1.77. The fraction of sp³-hybridized carbons (Fsp3) is 0.556. The molecule has 0 atom stereocenters.